The number of pyridine rings is 1. The first kappa shape index (κ1) is 19.5. The summed E-state index contributed by atoms with van der Waals surface area (Å²) in [4.78, 5) is 6.73. The zero-order valence-electron chi connectivity index (χ0n) is 14.4. The van der Waals surface area contributed by atoms with Crippen LogP contribution >= 0.6 is 23.2 Å². The van der Waals surface area contributed by atoms with E-state index in [4.69, 9.17) is 23.2 Å². The van der Waals surface area contributed by atoms with Gasteiger partial charge in [-0.25, -0.2) is 0 Å². The Hall–Kier alpha value is -0.870. The number of aliphatic hydroxyl groups excluding tert-OH is 1. The third-order valence-corrected chi connectivity index (χ3v) is 4.90. The SMILES string of the molecule is CCCCN(CCCC)CC(O)c1cnc2cc(Cl)ccc2c1Cl. The molecule has 0 aliphatic rings. The zero-order valence-corrected chi connectivity index (χ0v) is 15.9. The summed E-state index contributed by atoms with van der Waals surface area (Å²) < 4.78 is 0. The van der Waals surface area contributed by atoms with Gasteiger partial charge < -0.3 is 10.0 Å². The van der Waals surface area contributed by atoms with Crippen molar-refractivity contribution in [3.8, 4) is 0 Å². The lowest BCUT2D eigenvalue weighted by Gasteiger charge is -2.25. The van der Waals surface area contributed by atoms with Gasteiger partial charge in [-0.2, -0.15) is 0 Å². The first-order valence-corrected chi connectivity index (χ1v) is 9.46. The van der Waals surface area contributed by atoms with Gasteiger partial charge in [-0.1, -0.05) is 49.9 Å². The van der Waals surface area contributed by atoms with Crippen LogP contribution < -0.4 is 0 Å². The van der Waals surface area contributed by atoms with E-state index in [9.17, 15) is 5.11 Å². The van der Waals surface area contributed by atoms with Crippen LogP contribution in [0.3, 0.4) is 0 Å². The molecule has 132 valence electrons. The zero-order chi connectivity index (χ0) is 17.5. The molecule has 2 rings (SSSR count). The summed E-state index contributed by atoms with van der Waals surface area (Å²) in [5.41, 5.74) is 1.43. The molecule has 0 aliphatic heterocycles. The molecule has 1 heterocycles. The van der Waals surface area contributed by atoms with Gasteiger partial charge in [0.25, 0.3) is 0 Å². The molecule has 0 saturated heterocycles. The van der Waals surface area contributed by atoms with E-state index in [0.717, 1.165) is 49.7 Å². The molecule has 3 nitrogen and oxygen atoms in total. The van der Waals surface area contributed by atoms with Crippen LogP contribution in [0.15, 0.2) is 24.4 Å². The fourth-order valence-electron chi connectivity index (χ4n) is 2.78. The Morgan fingerprint density at radius 3 is 2.42 bits per heavy atom. The van der Waals surface area contributed by atoms with Gasteiger partial charge >= 0.3 is 0 Å². The fraction of sp³-hybridized carbons (Fsp3) is 0.526. The maximum Gasteiger partial charge on any atom is 0.0946 e. The standard InChI is InChI=1S/C19H26Cl2N2O/c1-3-5-9-23(10-6-4-2)13-18(24)16-12-22-17-11-14(20)7-8-15(17)19(16)21/h7-8,11-12,18,24H,3-6,9-10,13H2,1-2H3. The van der Waals surface area contributed by atoms with E-state index in [2.05, 4.69) is 23.7 Å². The second kappa shape index (κ2) is 9.57. The first-order chi connectivity index (χ1) is 11.6. The predicted molar refractivity (Wildman–Crippen MR) is 103 cm³/mol. The first-order valence-electron chi connectivity index (χ1n) is 8.70. The van der Waals surface area contributed by atoms with E-state index < -0.39 is 6.10 Å². The Balaban J connectivity index is 2.17. The van der Waals surface area contributed by atoms with Crippen LogP contribution in [0.2, 0.25) is 10.0 Å². The molecule has 0 fully saturated rings. The molecular weight excluding hydrogens is 343 g/mol. The highest BCUT2D eigenvalue weighted by molar-refractivity contribution is 6.36. The Bertz CT molecular complexity index is 655. The molecule has 0 aliphatic carbocycles. The van der Waals surface area contributed by atoms with Gasteiger partial charge in [0.15, 0.2) is 0 Å². The number of halogens is 2. The number of aromatic nitrogens is 1. The van der Waals surface area contributed by atoms with Gasteiger partial charge in [-0.3, -0.25) is 4.98 Å². The van der Waals surface area contributed by atoms with E-state index in [-0.39, 0.29) is 0 Å². The smallest absolute Gasteiger partial charge is 0.0946 e. The highest BCUT2D eigenvalue weighted by atomic mass is 35.5. The monoisotopic (exact) mass is 368 g/mol. The highest BCUT2D eigenvalue weighted by Crippen LogP contribution is 2.31. The molecule has 0 saturated carbocycles. The van der Waals surface area contributed by atoms with Crippen molar-refractivity contribution in [2.24, 2.45) is 0 Å². The van der Waals surface area contributed by atoms with Crippen molar-refractivity contribution in [1.29, 1.82) is 0 Å². The largest absolute Gasteiger partial charge is 0.387 e. The van der Waals surface area contributed by atoms with Crippen LogP contribution in [0.5, 0.6) is 0 Å². The van der Waals surface area contributed by atoms with Crippen LogP contribution in [0.4, 0.5) is 0 Å². The van der Waals surface area contributed by atoms with Crippen LogP contribution in [0, 0.1) is 0 Å². The molecule has 0 radical (unpaired) electrons. The summed E-state index contributed by atoms with van der Waals surface area (Å²) in [6, 6.07) is 5.44. The number of hydrogen-bond donors (Lipinski definition) is 1. The molecule has 1 aromatic heterocycles. The summed E-state index contributed by atoms with van der Waals surface area (Å²) in [6.07, 6.45) is 5.61. The van der Waals surface area contributed by atoms with Gasteiger partial charge in [-0.15, -0.1) is 0 Å². The van der Waals surface area contributed by atoms with Crippen molar-refractivity contribution < 1.29 is 5.11 Å². The van der Waals surface area contributed by atoms with E-state index in [0.29, 0.717) is 22.2 Å². The second-order valence-corrected chi connectivity index (χ2v) is 7.03. The highest BCUT2D eigenvalue weighted by Gasteiger charge is 2.18. The minimum Gasteiger partial charge on any atom is -0.387 e. The molecular formula is C19H26Cl2N2O. The number of unbranched alkanes of at least 4 members (excludes halogenated alkanes) is 2. The second-order valence-electron chi connectivity index (χ2n) is 6.21. The normalized spacial score (nSPS) is 12.9. The lowest BCUT2D eigenvalue weighted by molar-refractivity contribution is 0.111. The number of nitrogens with zero attached hydrogens (tertiary/aromatic N) is 2. The predicted octanol–water partition coefficient (Wildman–Crippen LogP) is 5.48. The minimum atomic E-state index is -0.640. The van der Waals surface area contributed by atoms with Crippen LogP contribution in [-0.4, -0.2) is 34.6 Å². The minimum absolute atomic E-state index is 0.565. The van der Waals surface area contributed by atoms with Crippen LogP contribution in [0.25, 0.3) is 10.9 Å². The Morgan fingerprint density at radius 2 is 1.79 bits per heavy atom. The third-order valence-electron chi connectivity index (χ3n) is 4.24. The van der Waals surface area contributed by atoms with Gasteiger partial charge in [0.2, 0.25) is 0 Å². The quantitative estimate of drug-likeness (QED) is 0.636. The molecule has 1 N–H and O–H groups in total. The van der Waals surface area contributed by atoms with Crippen molar-refractivity contribution in [2.75, 3.05) is 19.6 Å². The summed E-state index contributed by atoms with van der Waals surface area (Å²) in [7, 11) is 0. The van der Waals surface area contributed by atoms with Crippen molar-refractivity contribution in [3.05, 3.63) is 40.0 Å². The Kier molecular flexibility index (Phi) is 7.76. The van der Waals surface area contributed by atoms with Crippen LogP contribution in [-0.2, 0) is 0 Å². The van der Waals surface area contributed by atoms with Gasteiger partial charge in [0.05, 0.1) is 16.6 Å². The lowest BCUT2D eigenvalue weighted by Crippen LogP contribution is -2.31. The van der Waals surface area contributed by atoms with E-state index in [1.807, 2.05) is 6.07 Å². The molecule has 2 aromatic rings. The maximum atomic E-state index is 10.7. The van der Waals surface area contributed by atoms with Crippen molar-refractivity contribution in [2.45, 2.75) is 45.6 Å². The molecule has 1 aromatic carbocycles. The molecule has 1 atom stereocenters. The maximum absolute atomic E-state index is 10.7. The fourth-order valence-corrected chi connectivity index (χ4v) is 3.28. The number of hydrogen-bond acceptors (Lipinski definition) is 3. The van der Waals surface area contributed by atoms with E-state index in [1.165, 1.54) is 0 Å². The Morgan fingerprint density at radius 1 is 1.12 bits per heavy atom. The Labute approximate surface area is 154 Å². The lowest BCUT2D eigenvalue weighted by atomic mass is 10.1. The molecule has 0 amide bonds. The van der Waals surface area contributed by atoms with Gasteiger partial charge in [-0.05, 0) is 44.1 Å². The number of aliphatic hydroxyl groups is 1. The number of rotatable bonds is 9. The topological polar surface area (TPSA) is 36.4 Å². The number of benzene rings is 1. The van der Waals surface area contributed by atoms with Gasteiger partial charge in [0.1, 0.15) is 0 Å². The average molecular weight is 369 g/mol. The van der Waals surface area contributed by atoms with Gasteiger partial charge in [0, 0.05) is 28.7 Å². The number of fused-ring (bicyclic) bond motifs is 1. The van der Waals surface area contributed by atoms with Crippen LogP contribution in [0.1, 0.15) is 51.2 Å². The summed E-state index contributed by atoms with van der Waals surface area (Å²) in [5.74, 6) is 0. The molecule has 0 spiro atoms. The van der Waals surface area contributed by atoms with E-state index >= 15 is 0 Å². The molecule has 0 bridgehead atoms. The molecule has 1 unspecified atom stereocenters. The molecule has 5 heteroatoms. The van der Waals surface area contributed by atoms with Crippen molar-refractivity contribution >= 4 is 34.1 Å². The third kappa shape index (κ3) is 5.06. The van der Waals surface area contributed by atoms with Crippen molar-refractivity contribution in [1.82, 2.24) is 9.88 Å². The average Bonchev–Trinajstić information content (AvgIpc) is 2.57. The van der Waals surface area contributed by atoms with E-state index in [1.54, 1.807) is 18.3 Å². The summed E-state index contributed by atoms with van der Waals surface area (Å²) >= 11 is 12.5. The summed E-state index contributed by atoms with van der Waals surface area (Å²) in [5, 5.41) is 12.7. The molecule has 24 heavy (non-hydrogen) atoms. The summed E-state index contributed by atoms with van der Waals surface area (Å²) in [6.45, 7) is 6.96. The van der Waals surface area contributed by atoms with Crippen molar-refractivity contribution in [3.63, 3.8) is 0 Å².